The number of aromatic nitrogens is 2. The maximum atomic E-state index is 14.6. The normalized spacial score (nSPS) is 16.5. The van der Waals surface area contributed by atoms with Gasteiger partial charge in [0.05, 0.1) is 22.6 Å². The minimum Gasteiger partial charge on any atom is -0.337 e. The number of para-hydroxylation sites is 1. The smallest absolute Gasteiger partial charge is 0.261 e. The third-order valence-corrected chi connectivity index (χ3v) is 6.82. The molecule has 37 heavy (non-hydrogen) atoms. The van der Waals surface area contributed by atoms with Crippen LogP contribution >= 0.6 is 11.6 Å². The quantitative estimate of drug-likeness (QED) is 0.352. The molecule has 1 aliphatic rings. The van der Waals surface area contributed by atoms with Gasteiger partial charge in [-0.2, -0.15) is 0 Å². The second kappa shape index (κ2) is 11.4. The molecule has 0 aliphatic carbocycles. The second-order valence-electron chi connectivity index (χ2n) is 9.52. The molecule has 7 nitrogen and oxygen atoms in total. The molecule has 2 heterocycles. The Morgan fingerprint density at radius 1 is 1.22 bits per heavy atom. The number of carbonyl (C=O) groups excluding carboxylic acids is 2. The van der Waals surface area contributed by atoms with Gasteiger partial charge in [-0.15, -0.1) is 0 Å². The molecule has 2 aromatic carbocycles. The van der Waals surface area contributed by atoms with Gasteiger partial charge in [-0.05, 0) is 64.0 Å². The van der Waals surface area contributed by atoms with Crippen LogP contribution in [0.2, 0.25) is 5.02 Å². The molecular weight excluding hydrogens is 500 g/mol. The average molecular weight is 530 g/mol. The number of aryl methyl sites for hydroxylation is 1. The van der Waals surface area contributed by atoms with Crippen molar-refractivity contribution in [3.8, 4) is 0 Å². The highest BCUT2D eigenvalue weighted by molar-refractivity contribution is 6.31. The Morgan fingerprint density at radius 2 is 2.00 bits per heavy atom. The van der Waals surface area contributed by atoms with E-state index in [1.807, 2.05) is 59.7 Å². The second-order valence-corrected chi connectivity index (χ2v) is 9.90. The molecular formula is C27H30ClF2N5O2. The van der Waals surface area contributed by atoms with Crippen LogP contribution in [0.1, 0.15) is 41.2 Å². The first-order valence-electron chi connectivity index (χ1n) is 12.2. The minimum absolute atomic E-state index is 0.0662. The number of nitrogens with one attached hydrogen (secondary N) is 1. The van der Waals surface area contributed by atoms with Gasteiger partial charge in [0, 0.05) is 25.7 Å². The molecule has 1 saturated heterocycles. The zero-order chi connectivity index (χ0) is 26.7. The highest BCUT2D eigenvalue weighted by Gasteiger charge is 2.28. The monoisotopic (exact) mass is 529 g/mol. The van der Waals surface area contributed by atoms with Crippen LogP contribution in [0.3, 0.4) is 0 Å². The van der Waals surface area contributed by atoms with E-state index in [1.54, 1.807) is 6.08 Å². The predicted molar refractivity (Wildman–Crippen MR) is 141 cm³/mol. The van der Waals surface area contributed by atoms with Crippen LogP contribution in [-0.2, 0) is 4.79 Å². The number of likely N-dealkylation sites (N-methyl/N-ethyl adjacent to an activating group) is 1. The van der Waals surface area contributed by atoms with E-state index in [2.05, 4.69) is 10.3 Å². The highest BCUT2D eigenvalue weighted by atomic mass is 35.5. The van der Waals surface area contributed by atoms with E-state index >= 15 is 0 Å². The van der Waals surface area contributed by atoms with E-state index in [0.717, 1.165) is 42.5 Å². The van der Waals surface area contributed by atoms with E-state index in [0.29, 0.717) is 25.2 Å². The molecule has 1 unspecified atom stereocenters. The first kappa shape index (κ1) is 26.8. The van der Waals surface area contributed by atoms with Gasteiger partial charge >= 0.3 is 0 Å². The van der Waals surface area contributed by atoms with Crippen LogP contribution in [0.4, 0.5) is 14.7 Å². The molecule has 0 saturated carbocycles. The maximum Gasteiger partial charge on any atom is 0.261 e. The number of hydrogen-bond donors (Lipinski definition) is 1. The molecule has 10 heteroatoms. The Kier molecular flexibility index (Phi) is 8.24. The van der Waals surface area contributed by atoms with E-state index in [9.17, 15) is 18.4 Å². The average Bonchev–Trinajstić information content (AvgIpc) is 3.04. The van der Waals surface area contributed by atoms with Gasteiger partial charge in [0.15, 0.2) is 5.82 Å². The van der Waals surface area contributed by atoms with Crippen molar-refractivity contribution in [3.63, 3.8) is 0 Å². The number of benzene rings is 2. The van der Waals surface area contributed by atoms with Crippen LogP contribution in [-0.4, -0.2) is 64.9 Å². The van der Waals surface area contributed by atoms with Crippen molar-refractivity contribution >= 4 is 40.4 Å². The van der Waals surface area contributed by atoms with Crippen molar-refractivity contribution in [3.05, 3.63) is 70.3 Å². The molecule has 1 atom stereocenters. The number of likely N-dealkylation sites (tertiary alicyclic amines) is 1. The van der Waals surface area contributed by atoms with Gasteiger partial charge < -0.3 is 14.4 Å². The Hall–Kier alpha value is -3.30. The lowest BCUT2D eigenvalue weighted by Crippen LogP contribution is -2.35. The summed E-state index contributed by atoms with van der Waals surface area (Å²) in [6.07, 6.45) is 5.95. The van der Waals surface area contributed by atoms with Gasteiger partial charge in [-0.3, -0.25) is 14.9 Å². The fraction of sp³-hybridized carbons (Fsp3) is 0.370. The Morgan fingerprint density at radius 3 is 2.76 bits per heavy atom. The van der Waals surface area contributed by atoms with Crippen LogP contribution in [0, 0.1) is 18.6 Å². The summed E-state index contributed by atoms with van der Waals surface area (Å²) >= 11 is 5.69. The number of halogens is 3. The summed E-state index contributed by atoms with van der Waals surface area (Å²) in [7, 11) is 3.87. The Bertz CT molecular complexity index is 1350. The van der Waals surface area contributed by atoms with Crippen molar-refractivity contribution < 1.29 is 18.4 Å². The number of carbonyl (C=O) groups is 2. The van der Waals surface area contributed by atoms with Gasteiger partial charge in [-0.25, -0.2) is 13.8 Å². The van der Waals surface area contributed by atoms with E-state index in [4.69, 9.17) is 11.6 Å². The predicted octanol–water partition coefficient (Wildman–Crippen LogP) is 5.20. The summed E-state index contributed by atoms with van der Waals surface area (Å²) in [6, 6.07) is 7.50. The van der Waals surface area contributed by atoms with Crippen molar-refractivity contribution in [2.75, 3.05) is 39.0 Å². The van der Waals surface area contributed by atoms with E-state index in [1.165, 1.54) is 0 Å². The van der Waals surface area contributed by atoms with Crippen LogP contribution in [0.15, 0.2) is 42.5 Å². The number of anilines is 1. The fourth-order valence-electron chi connectivity index (χ4n) is 4.64. The van der Waals surface area contributed by atoms with Crippen molar-refractivity contribution in [1.82, 2.24) is 19.4 Å². The summed E-state index contributed by atoms with van der Waals surface area (Å²) in [5, 5.41) is 1.97. The molecule has 1 aromatic heterocycles. The molecule has 0 radical (unpaired) electrons. The summed E-state index contributed by atoms with van der Waals surface area (Å²) in [6.45, 7) is 3.68. The number of rotatable bonds is 6. The maximum absolute atomic E-state index is 14.6. The molecule has 1 N–H and O–H groups in total. The van der Waals surface area contributed by atoms with Crippen LogP contribution in [0.5, 0.6) is 0 Å². The number of amides is 2. The van der Waals surface area contributed by atoms with Gasteiger partial charge in [0.1, 0.15) is 10.8 Å². The summed E-state index contributed by atoms with van der Waals surface area (Å²) < 4.78 is 30.1. The highest BCUT2D eigenvalue weighted by Crippen LogP contribution is 2.32. The lowest BCUT2D eigenvalue weighted by Gasteiger charge is -2.26. The van der Waals surface area contributed by atoms with E-state index < -0.39 is 22.6 Å². The van der Waals surface area contributed by atoms with Crippen molar-refractivity contribution in [2.24, 2.45) is 0 Å². The molecule has 1 aliphatic heterocycles. The first-order chi connectivity index (χ1) is 17.7. The van der Waals surface area contributed by atoms with Crippen molar-refractivity contribution in [1.29, 1.82) is 0 Å². The SMILES string of the molecule is Cc1cccc2nc(NC(=O)c3ccc(F)c(Cl)c3F)n(C3CCCCN(C(=O)/C=C/CN(C)C)C3)c12. The number of nitrogens with zero attached hydrogens (tertiary/aromatic N) is 4. The van der Waals surface area contributed by atoms with Crippen LogP contribution < -0.4 is 5.32 Å². The van der Waals surface area contributed by atoms with Crippen LogP contribution in [0.25, 0.3) is 11.0 Å². The minimum atomic E-state index is -1.13. The summed E-state index contributed by atoms with van der Waals surface area (Å²) in [5.74, 6) is -2.70. The zero-order valence-corrected chi connectivity index (χ0v) is 21.9. The standard InChI is InChI=1S/C27H30ClF2N5O2/c1-17-8-6-10-21-25(17)35(18-9-4-5-15-34(16-18)22(36)11-7-14-33(2)3)27(31-21)32-26(37)19-12-13-20(29)23(28)24(19)30/h6-8,10-13,18H,4-5,9,14-16H2,1-3H3,(H,31,32,37)/b11-7+. The molecule has 0 spiro atoms. The number of hydrogen-bond acceptors (Lipinski definition) is 4. The first-order valence-corrected chi connectivity index (χ1v) is 12.6. The summed E-state index contributed by atoms with van der Waals surface area (Å²) in [4.78, 5) is 34.4. The topological polar surface area (TPSA) is 70.5 Å². The molecule has 1 fully saturated rings. The number of imidazole rings is 1. The molecule has 4 rings (SSSR count). The van der Waals surface area contributed by atoms with Gasteiger partial charge in [-0.1, -0.05) is 29.8 Å². The Labute approximate surface area is 219 Å². The molecule has 0 bridgehead atoms. The van der Waals surface area contributed by atoms with Gasteiger partial charge in [0.25, 0.3) is 5.91 Å². The molecule has 2 amide bonds. The third kappa shape index (κ3) is 5.83. The van der Waals surface area contributed by atoms with Gasteiger partial charge in [0.2, 0.25) is 11.9 Å². The Balaban J connectivity index is 1.70. The lowest BCUT2D eigenvalue weighted by molar-refractivity contribution is -0.126. The molecule has 3 aromatic rings. The number of fused-ring (bicyclic) bond motifs is 1. The summed E-state index contributed by atoms with van der Waals surface area (Å²) in [5.41, 5.74) is 2.07. The zero-order valence-electron chi connectivity index (χ0n) is 21.1. The molecule has 196 valence electrons. The fourth-order valence-corrected chi connectivity index (χ4v) is 4.80. The van der Waals surface area contributed by atoms with E-state index in [-0.39, 0.29) is 23.5 Å². The van der Waals surface area contributed by atoms with Crippen molar-refractivity contribution in [2.45, 2.75) is 32.2 Å². The largest absolute Gasteiger partial charge is 0.337 e. The lowest BCUT2D eigenvalue weighted by atomic mass is 10.1. The third-order valence-electron chi connectivity index (χ3n) is 6.47.